The highest BCUT2D eigenvalue weighted by Gasteiger charge is 2.23. The Bertz CT molecular complexity index is 233. The van der Waals surface area contributed by atoms with Crippen molar-refractivity contribution in [3.8, 4) is 0 Å². The molecule has 5 heteroatoms. The van der Waals surface area contributed by atoms with Gasteiger partial charge in [0.1, 0.15) is 0 Å². The molecule has 1 amide bonds. The molecule has 0 radical (unpaired) electrons. The van der Waals surface area contributed by atoms with Gasteiger partial charge < -0.3 is 15.0 Å². The number of ether oxygens (including phenoxy) is 1. The van der Waals surface area contributed by atoms with E-state index < -0.39 is 0 Å². The summed E-state index contributed by atoms with van der Waals surface area (Å²) < 4.78 is 5.25. The Morgan fingerprint density at radius 1 is 1.41 bits per heavy atom. The molecule has 1 saturated heterocycles. The SMILES string of the molecule is CCSCC(C)NC(C)C(=O)N1CCOCC1. The first-order valence-electron chi connectivity index (χ1n) is 6.35. The Hall–Kier alpha value is -0.260. The number of carbonyl (C=O) groups is 1. The van der Waals surface area contributed by atoms with Crippen LogP contribution >= 0.6 is 11.8 Å². The van der Waals surface area contributed by atoms with Crippen LogP contribution in [0.5, 0.6) is 0 Å². The molecule has 2 atom stereocenters. The Morgan fingerprint density at radius 3 is 2.65 bits per heavy atom. The summed E-state index contributed by atoms with van der Waals surface area (Å²) in [4.78, 5) is 14.0. The molecular formula is C12H24N2O2S. The molecule has 0 aromatic rings. The molecular weight excluding hydrogens is 236 g/mol. The van der Waals surface area contributed by atoms with Crippen LogP contribution in [0.25, 0.3) is 0 Å². The fourth-order valence-corrected chi connectivity index (χ4v) is 2.58. The second-order valence-electron chi connectivity index (χ2n) is 4.39. The van der Waals surface area contributed by atoms with Crippen molar-refractivity contribution in [1.29, 1.82) is 0 Å². The smallest absolute Gasteiger partial charge is 0.239 e. The van der Waals surface area contributed by atoms with Crippen LogP contribution in [0.3, 0.4) is 0 Å². The second kappa shape index (κ2) is 7.95. The van der Waals surface area contributed by atoms with Gasteiger partial charge in [0, 0.05) is 24.9 Å². The number of nitrogens with one attached hydrogen (secondary N) is 1. The van der Waals surface area contributed by atoms with Crippen LogP contribution < -0.4 is 5.32 Å². The van der Waals surface area contributed by atoms with E-state index in [1.165, 1.54) is 0 Å². The van der Waals surface area contributed by atoms with Crippen molar-refractivity contribution in [3.63, 3.8) is 0 Å². The van der Waals surface area contributed by atoms with Gasteiger partial charge in [-0.2, -0.15) is 11.8 Å². The zero-order valence-electron chi connectivity index (χ0n) is 11.1. The number of rotatable bonds is 6. The zero-order valence-corrected chi connectivity index (χ0v) is 11.9. The molecule has 0 spiro atoms. The van der Waals surface area contributed by atoms with Gasteiger partial charge in [-0.25, -0.2) is 0 Å². The lowest BCUT2D eigenvalue weighted by atomic mass is 10.2. The highest BCUT2D eigenvalue weighted by molar-refractivity contribution is 7.99. The van der Waals surface area contributed by atoms with Crippen molar-refractivity contribution in [2.24, 2.45) is 0 Å². The normalized spacial score (nSPS) is 20.1. The van der Waals surface area contributed by atoms with Crippen molar-refractivity contribution >= 4 is 17.7 Å². The molecule has 1 fully saturated rings. The van der Waals surface area contributed by atoms with E-state index in [9.17, 15) is 4.79 Å². The van der Waals surface area contributed by atoms with Gasteiger partial charge in [-0.1, -0.05) is 6.92 Å². The summed E-state index contributed by atoms with van der Waals surface area (Å²) in [6, 6.07) is 0.278. The van der Waals surface area contributed by atoms with Crippen molar-refractivity contribution in [2.45, 2.75) is 32.9 Å². The van der Waals surface area contributed by atoms with Gasteiger partial charge in [-0.15, -0.1) is 0 Å². The average Bonchev–Trinajstić information content (AvgIpc) is 2.36. The zero-order chi connectivity index (χ0) is 12.7. The molecule has 1 rings (SSSR count). The third kappa shape index (κ3) is 5.27. The molecule has 1 heterocycles. The molecule has 4 nitrogen and oxygen atoms in total. The summed E-state index contributed by atoms with van der Waals surface area (Å²) in [5.74, 6) is 2.37. The van der Waals surface area contributed by atoms with Gasteiger partial charge in [0.2, 0.25) is 5.91 Å². The van der Waals surface area contributed by atoms with E-state index in [0.717, 1.165) is 24.6 Å². The lowest BCUT2D eigenvalue weighted by molar-refractivity contribution is -0.137. The van der Waals surface area contributed by atoms with E-state index >= 15 is 0 Å². The number of hydrogen-bond acceptors (Lipinski definition) is 4. The molecule has 1 aliphatic heterocycles. The summed E-state index contributed by atoms with van der Waals surface area (Å²) in [5.41, 5.74) is 0. The first-order valence-corrected chi connectivity index (χ1v) is 7.51. The van der Waals surface area contributed by atoms with E-state index in [1.807, 2.05) is 23.6 Å². The predicted octanol–water partition coefficient (Wildman–Crippen LogP) is 0.965. The van der Waals surface area contributed by atoms with Crippen molar-refractivity contribution in [1.82, 2.24) is 10.2 Å². The van der Waals surface area contributed by atoms with Crippen molar-refractivity contribution in [3.05, 3.63) is 0 Å². The number of carbonyl (C=O) groups excluding carboxylic acids is 1. The van der Waals surface area contributed by atoms with Crippen LogP contribution in [-0.4, -0.2) is 60.7 Å². The summed E-state index contributed by atoms with van der Waals surface area (Å²) >= 11 is 1.90. The number of nitrogens with zero attached hydrogens (tertiary/aromatic N) is 1. The van der Waals surface area contributed by atoms with Crippen LogP contribution in [0.1, 0.15) is 20.8 Å². The third-order valence-corrected chi connectivity index (χ3v) is 3.94. The summed E-state index contributed by atoms with van der Waals surface area (Å²) in [6.07, 6.45) is 0. The lowest BCUT2D eigenvalue weighted by Crippen LogP contribution is -2.51. The highest BCUT2D eigenvalue weighted by Crippen LogP contribution is 2.04. The molecule has 0 bridgehead atoms. The number of amides is 1. The molecule has 100 valence electrons. The molecule has 0 aliphatic carbocycles. The quantitative estimate of drug-likeness (QED) is 0.772. The molecule has 17 heavy (non-hydrogen) atoms. The summed E-state index contributed by atoms with van der Waals surface area (Å²) in [6.45, 7) is 9.02. The maximum absolute atomic E-state index is 12.1. The summed E-state index contributed by atoms with van der Waals surface area (Å²) in [7, 11) is 0. The lowest BCUT2D eigenvalue weighted by Gasteiger charge is -2.30. The van der Waals surface area contributed by atoms with Gasteiger partial charge in [0.15, 0.2) is 0 Å². The van der Waals surface area contributed by atoms with Crippen LogP contribution in [0.4, 0.5) is 0 Å². The molecule has 2 unspecified atom stereocenters. The first-order chi connectivity index (χ1) is 8.15. The topological polar surface area (TPSA) is 41.6 Å². The Morgan fingerprint density at radius 2 is 2.06 bits per heavy atom. The van der Waals surface area contributed by atoms with E-state index in [1.54, 1.807) is 0 Å². The Labute approximate surface area is 108 Å². The Kier molecular flexibility index (Phi) is 6.92. The number of hydrogen-bond donors (Lipinski definition) is 1. The molecule has 0 aromatic carbocycles. The van der Waals surface area contributed by atoms with Gasteiger partial charge in [0.05, 0.1) is 19.3 Å². The predicted molar refractivity (Wildman–Crippen MR) is 72.5 cm³/mol. The van der Waals surface area contributed by atoms with Crippen LogP contribution in [-0.2, 0) is 9.53 Å². The fraction of sp³-hybridized carbons (Fsp3) is 0.917. The van der Waals surface area contributed by atoms with Gasteiger partial charge >= 0.3 is 0 Å². The second-order valence-corrected chi connectivity index (χ2v) is 5.71. The maximum atomic E-state index is 12.1. The summed E-state index contributed by atoms with van der Waals surface area (Å²) in [5, 5.41) is 3.36. The van der Waals surface area contributed by atoms with Gasteiger partial charge in [0.25, 0.3) is 0 Å². The van der Waals surface area contributed by atoms with Gasteiger partial charge in [-0.3, -0.25) is 4.79 Å². The van der Waals surface area contributed by atoms with Crippen molar-refractivity contribution < 1.29 is 9.53 Å². The number of thioether (sulfide) groups is 1. The molecule has 1 N–H and O–H groups in total. The first kappa shape index (κ1) is 14.8. The number of morpholine rings is 1. The average molecular weight is 260 g/mol. The minimum Gasteiger partial charge on any atom is -0.378 e. The minimum absolute atomic E-state index is 0.0967. The standard InChI is InChI=1S/C12H24N2O2S/c1-4-17-9-10(2)13-11(3)12(15)14-5-7-16-8-6-14/h10-11,13H,4-9H2,1-3H3. The van der Waals surface area contributed by atoms with Crippen LogP contribution in [0.15, 0.2) is 0 Å². The monoisotopic (exact) mass is 260 g/mol. The molecule has 0 aromatic heterocycles. The van der Waals surface area contributed by atoms with Crippen LogP contribution in [0, 0.1) is 0 Å². The molecule has 1 aliphatic rings. The van der Waals surface area contributed by atoms with Crippen molar-refractivity contribution in [2.75, 3.05) is 37.8 Å². The fourth-order valence-electron chi connectivity index (χ4n) is 1.90. The third-order valence-electron chi connectivity index (χ3n) is 2.80. The van der Waals surface area contributed by atoms with Crippen LogP contribution in [0.2, 0.25) is 0 Å². The Balaban J connectivity index is 2.29. The van der Waals surface area contributed by atoms with E-state index in [4.69, 9.17) is 4.74 Å². The van der Waals surface area contributed by atoms with E-state index in [2.05, 4.69) is 19.2 Å². The molecule has 0 saturated carbocycles. The maximum Gasteiger partial charge on any atom is 0.239 e. The highest BCUT2D eigenvalue weighted by atomic mass is 32.2. The van der Waals surface area contributed by atoms with E-state index in [-0.39, 0.29) is 11.9 Å². The van der Waals surface area contributed by atoms with E-state index in [0.29, 0.717) is 19.3 Å². The minimum atomic E-state index is -0.0967. The largest absolute Gasteiger partial charge is 0.378 e. The van der Waals surface area contributed by atoms with Gasteiger partial charge in [-0.05, 0) is 19.6 Å².